The molecule has 0 saturated heterocycles. The maximum Gasteiger partial charge on any atom is 0.209 e. The Morgan fingerprint density at radius 1 is 0.560 bits per heavy atom. The summed E-state index contributed by atoms with van der Waals surface area (Å²) in [6.45, 7) is 8.08. The first-order chi connectivity index (χ1) is 12.3. The van der Waals surface area contributed by atoms with Gasteiger partial charge in [0.25, 0.3) is 0 Å². The van der Waals surface area contributed by atoms with Crippen molar-refractivity contribution in [2.24, 2.45) is 0 Å². The molecule has 1 aliphatic rings. The molecule has 3 aromatic rings. The first kappa shape index (κ1) is 15.8. The minimum atomic E-state index is 0.232. The summed E-state index contributed by atoms with van der Waals surface area (Å²) in [7, 11) is 0. The average molecular weight is 326 g/mol. The number of anilines is 2. The van der Waals surface area contributed by atoms with Crippen LogP contribution in [0.15, 0.2) is 84.9 Å². The summed E-state index contributed by atoms with van der Waals surface area (Å²) < 4.78 is 0. The van der Waals surface area contributed by atoms with E-state index in [2.05, 4.69) is 115 Å². The summed E-state index contributed by atoms with van der Waals surface area (Å²) in [6.07, 6.45) is 0. The van der Waals surface area contributed by atoms with Crippen molar-refractivity contribution in [2.45, 2.75) is 25.9 Å². The Hall–Kier alpha value is -2.74. The Morgan fingerprint density at radius 2 is 0.920 bits per heavy atom. The molecule has 2 heteroatoms. The molecule has 2 radical (unpaired) electrons. The van der Waals surface area contributed by atoms with Crippen LogP contribution in [0.3, 0.4) is 0 Å². The van der Waals surface area contributed by atoms with E-state index in [1.54, 1.807) is 0 Å². The fourth-order valence-corrected chi connectivity index (χ4v) is 3.45. The summed E-state index contributed by atoms with van der Waals surface area (Å²) >= 11 is 0. The molecule has 3 aromatic carbocycles. The van der Waals surface area contributed by atoms with E-state index in [-0.39, 0.29) is 12.1 Å². The summed E-state index contributed by atoms with van der Waals surface area (Å²) in [6, 6.07) is 30.2. The van der Waals surface area contributed by atoms with E-state index in [0.717, 1.165) is 0 Å². The molecule has 0 N–H and O–H groups in total. The fraction of sp³-hybridized carbons (Fsp3) is 0.174. The first-order valence-electron chi connectivity index (χ1n) is 8.79. The zero-order valence-corrected chi connectivity index (χ0v) is 14.6. The van der Waals surface area contributed by atoms with Crippen LogP contribution in [0.5, 0.6) is 0 Å². The van der Waals surface area contributed by atoms with Crippen molar-refractivity contribution in [1.82, 2.24) is 0 Å². The first-order valence-corrected chi connectivity index (χ1v) is 8.79. The van der Waals surface area contributed by atoms with Crippen LogP contribution in [0, 0.1) is 6.67 Å². The Labute approximate surface area is 150 Å². The molecule has 2 nitrogen and oxygen atoms in total. The quantitative estimate of drug-likeness (QED) is 0.595. The van der Waals surface area contributed by atoms with Gasteiger partial charge < -0.3 is 9.80 Å². The van der Waals surface area contributed by atoms with E-state index in [9.17, 15) is 0 Å². The van der Waals surface area contributed by atoms with Gasteiger partial charge >= 0.3 is 0 Å². The van der Waals surface area contributed by atoms with Crippen LogP contribution in [0.1, 0.15) is 37.1 Å². The predicted octanol–water partition coefficient (Wildman–Crippen LogP) is 5.83. The van der Waals surface area contributed by atoms with Crippen molar-refractivity contribution in [3.8, 4) is 0 Å². The molecule has 4 rings (SSSR count). The standard InChI is InChI=1S/C23H22N2/c1-18(20-11-5-3-6-12-20)24-17-25(23-16-10-9-15-22(23)24)19(2)21-13-7-4-8-14-21/h3-16,18-19H,1-2H3/t18-,19+. The third-order valence-corrected chi connectivity index (χ3v) is 4.95. The van der Waals surface area contributed by atoms with Gasteiger partial charge in [-0.15, -0.1) is 0 Å². The van der Waals surface area contributed by atoms with Gasteiger partial charge in [-0.25, -0.2) is 0 Å². The monoisotopic (exact) mass is 326 g/mol. The molecule has 0 unspecified atom stereocenters. The molecule has 0 aromatic heterocycles. The van der Waals surface area contributed by atoms with Gasteiger partial charge in [0.05, 0.1) is 23.5 Å². The van der Waals surface area contributed by atoms with Crippen molar-refractivity contribution in [1.29, 1.82) is 0 Å². The molecule has 1 heterocycles. The predicted molar refractivity (Wildman–Crippen MR) is 104 cm³/mol. The van der Waals surface area contributed by atoms with Gasteiger partial charge in [-0.1, -0.05) is 72.8 Å². The fourth-order valence-electron chi connectivity index (χ4n) is 3.45. The van der Waals surface area contributed by atoms with E-state index in [4.69, 9.17) is 0 Å². The maximum atomic E-state index is 3.62. The third-order valence-electron chi connectivity index (χ3n) is 4.95. The zero-order chi connectivity index (χ0) is 17.2. The van der Waals surface area contributed by atoms with Crippen molar-refractivity contribution >= 4 is 11.4 Å². The molecule has 25 heavy (non-hydrogen) atoms. The van der Waals surface area contributed by atoms with Crippen LogP contribution in [0.4, 0.5) is 11.4 Å². The molecule has 0 saturated carbocycles. The Morgan fingerprint density at radius 3 is 1.32 bits per heavy atom. The molecule has 0 fully saturated rings. The minimum absolute atomic E-state index is 0.232. The smallest absolute Gasteiger partial charge is 0.209 e. The highest BCUT2D eigenvalue weighted by Crippen LogP contribution is 2.45. The van der Waals surface area contributed by atoms with Crippen molar-refractivity contribution in [3.63, 3.8) is 0 Å². The van der Waals surface area contributed by atoms with Crippen LogP contribution < -0.4 is 9.80 Å². The number of benzene rings is 3. The van der Waals surface area contributed by atoms with Gasteiger partial charge in [0.2, 0.25) is 6.67 Å². The Bertz CT molecular complexity index is 758. The average Bonchev–Trinajstić information content (AvgIpc) is 3.08. The van der Waals surface area contributed by atoms with Crippen LogP contribution in [-0.2, 0) is 0 Å². The molecule has 2 atom stereocenters. The van der Waals surface area contributed by atoms with Crippen LogP contribution in [0.2, 0.25) is 0 Å². The van der Waals surface area contributed by atoms with Gasteiger partial charge in [-0.2, -0.15) is 0 Å². The highest BCUT2D eigenvalue weighted by molar-refractivity contribution is 5.79. The number of para-hydroxylation sites is 2. The highest BCUT2D eigenvalue weighted by Gasteiger charge is 2.33. The second-order valence-corrected chi connectivity index (χ2v) is 6.50. The van der Waals surface area contributed by atoms with E-state index < -0.39 is 0 Å². The lowest BCUT2D eigenvalue weighted by Crippen LogP contribution is -2.29. The number of nitrogens with zero attached hydrogens (tertiary/aromatic N) is 2. The second kappa shape index (κ2) is 6.64. The third kappa shape index (κ3) is 2.89. The highest BCUT2D eigenvalue weighted by atomic mass is 15.4. The van der Waals surface area contributed by atoms with E-state index in [1.165, 1.54) is 22.5 Å². The van der Waals surface area contributed by atoms with E-state index >= 15 is 0 Å². The molecule has 124 valence electrons. The van der Waals surface area contributed by atoms with Gasteiger partial charge in [-0.05, 0) is 37.1 Å². The number of fused-ring (bicyclic) bond motifs is 1. The molecule has 0 amide bonds. The number of hydrogen-bond acceptors (Lipinski definition) is 2. The Kier molecular flexibility index (Phi) is 4.19. The second-order valence-electron chi connectivity index (χ2n) is 6.50. The molecule has 0 aliphatic carbocycles. The SMILES string of the molecule is C[C@H](c1ccccc1)N1[C]N([C@@H](C)c2ccccc2)c2ccccc21. The van der Waals surface area contributed by atoms with E-state index in [0.29, 0.717) is 0 Å². The van der Waals surface area contributed by atoms with Crippen molar-refractivity contribution in [3.05, 3.63) is 103 Å². The summed E-state index contributed by atoms with van der Waals surface area (Å²) in [5.41, 5.74) is 5.00. The van der Waals surface area contributed by atoms with Crippen LogP contribution in [0.25, 0.3) is 0 Å². The summed E-state index contributed by atoms with van der Waals surface area (Å²) in [4.78, 5) is 4.51. The largest absolute Gasteiger partial charge is 0.333 e. The summed E-state index contributed by atoms with van der Waals surface area (Å²) in [5.74, 6) is 0. The van der Waals surface area contributed by atoms with Crippen molar-refractivity contribution < 1.29 is 0 Å². The molecular formula is C23H22N2. The molecule has 0 bridgehead atoms. The van der Waals surface area contributed by atoms with Gasteiger partial charge in [-0.3, -0.25) is 0 Å². The molecule has 0 spiro atoms. The van der Waals surface area contributed by atoms with Gasteiger partial charge in [0.1, 0.15) is 0 Å². The molecule has 1 aliphatic heterocycles. The molecular weight excluding hydrogens is 304 g/mol. The lowest BCUT2D eigenvalue weighted by atomic mass is 10.1. The lowest BCUT2D eigenvalue weighted by molar-refractivity contribution is 0.684. The van der Waals surface area contributed by atoms with Crippen LogP contribution in [-0.4, -0.2) is 0 Å². The lowest BCUT2D eigenvalue weighted by Gasteiger charge is -2.29. The van der Waals surface area contributed by atoms with Gasteiger partial charge in [0.15, 0.2) is 0 Å². The van der Waals surface area contributed by atoms with Gasteiger partial charge in [0, 0.05) is 0 Å². The van der Waals surface area contributed by atoms with Crippen LogP contribution >= 0.6 is 0 Å². The zero-order valence-electron chi connectivity index (χ0n) is 14.6. The Balaban J connectivity index is 1.68. The summed E-state index contributed by atoms with van der Waals surface area (Å²) in [5, 5.41) is 0. The maximum absolute atomic E-state index is 3.62. The number of hydrogen-bond donors (Lipinski definition) is 0. The normalized spacial score (nSPS) is 15.8. The van der Waals surface area contributed by atoms with E-state index in [1.807, 2.05) is 0 Å². The van der Waals surface area contributed by atoms with Crippen molar-refractivity contribution in [2.75, 3.05) is 9.80 Å². The minimum Gasteiger partial charge on any atom is -0.333 e. The topological polar surface area (TPSA) is 6.48 Å². The number of rotatable bonds is 4.